The van der Waals surface area contributed by atoms with E-state index in [1.165, 1.54) is 11.8 Å². The summed E-state index contributed by atoms with van der Waals surface area (Å²) in [4.78, 5) is 26.3. The van der Waals surface area contributed by atoms with Gasteiger partial charge in [-0.15, -0.1) is 11.8 Å². The third kappa shape index (κ3) is 7.02. The molecule has 0 radical (unpaired) electrons. The van der Waals surface area contributed by atoms with Crippen molar-refractivity contribution in [3.05, 3.63) is 119 Å². The highest BCUT2D eigenvalue weighted by atomic mass is 35.5. The number of nitrogens with one attached hydrogen (secondary N) is 3. The molecule has 176 valence electrons. The first-order valence-corrected chi connectivity index (χ1v) is 12.3. The predicted octanol–water partition coefficient (Wildman–Crippen LogP) is 8.11. The number of carbonyl (C=O) groups excluding carboxylic acids is 2. The van der Waals surface area contributed by atoms with Gasteiger partial charge in [0.2, 0.25) is 5.91 Å². The maximum Gasteiger partial charge on any atom is 0.323 e. The maximum absolute atomic E-state index is 13.2. The van der Waals surface area contributed by atoms with E-state index in [0.29, 0.717) is 27.1 Å². The molecule has 0 heterocycles. The number of hydrogen-bond acceptors (Lipinski definition) is 3. The molecule has 0 fully saturated rings. The Morgan fingerprint density at radius 1 is 0.629 bits per heavy atom. The summed E-state index contributed by atoms with van der Waals surface area (Å²) in [5, 5.41) is 8.79. The molecule has 0 aliphatic heterocycles. The van der Waals surface area contributed by atoms with Gasteiger partial charge in [0.05, 0.1) is 10.0 Å². The molecule has 5 nitrogen and oxygen atoms in total. The number of para-hydroxylation sites is 1. The Hall–Kier alpha value is -3.45. The van der Waals surface area contributed by atoms with Crippen molar-refractivity contribution in [2.24, 2.45) is 0 Å². The van der Waals surface area contributed by atoms with Gasteiger partial charge in [0.15, 0.2) is 0 Å². The molecule has 4 rings (SSSR count). The summed E-state index contributed by atoms with van der Waals surface area (Å²) in [6, 6.07) is 30.7. The molecule has 3 amide bonds. The molecule has 0 aromatic heterocycles. The summed E-state index contributed by atoms with van der Waals surface area (Å²) in [5.41, 5.74) is 2.77. The average molecular weight is 522 g/mol. The molecule has 0 aliphatic carbocycles. The third-order valence-electron chi connectivity index (χ3n) is 4.93. The third-order valence-corrected chi connectivity index (χ3v) is 6.93. The largest absolute Gasteiger partial charge is 0.325 e. The Labute approximate surface area is 217 Å². The van der Waals surface area contributed by atoms with Gasteiger partial charge in [-0.25, -0.2) is 4.79 Å². The van der Waals surface area contributed by atoms with E-state index >= 15 is 0 Å². The number of urea groups is 1. The summed E-state index contributed by atoms with van der Waals surface area (Å²) in [7, 11) is 0. The Morgan fingerprint density at radius 2 is 1.20 bits per heavy atom. The molecule has 4 aromatic carbocycles. The van der Waals surface area contributed by atoms with Crippen LogP contribution in [0.3, 0.4) is 0 Å². The van der Waals surface area contributed by atoms with Crippen LogP contribution in [0.2, 0.25) is 10.0 Å². The summed E-state index contributed by atoms with van der Waals surface area (Å²) < 4.78 is 0. The number of amides is 3. The fourth-order valence-electron chi connectivity index (χ4n) is 3.25. The van der Waals surface area contributed by atoms with Gasteiger partial charge in [0, 0.05) is 22.0 Å². The zero-order chi connectivity index (χ0) is 24.6. The van der Waals surface area contributed by atoms with Crippen molar-refractivity contribution in [2.45, 2.75) is 10.1 Å². The van der Waals surface area contributed by atoms with Gasteiger partial charge in [-0.05, 0) is 60.2 Å². The first kappa shape index (κ1) is 24.7. The van der Waals surface area contributed by atoms with Gasteiger partial charge in [-0.1, -0.05) is 71.7 Å². The smallest absolute Gasteiger partial charge is 0.323 e. The average Bonchev–Trinajstić information content (AvgIpc) is 2.87. The maximum atomic E-state index is 13.2. The molecule has 1 unspecified atom stereocenters. The van der Waals surface area contributed by atoms with Crippen LogP contribution >= 0.6 is 35.0 Å². The van der Waals surface area contributed by atoms with Crippen molar-refractivity contribution in [2.75, 3.05) is 16.0 Å². The molecular formula is C27H21Cl2N3O2S. The summed E-state index contributed by atoms with van der Waals surface area (Å²) in [6.45, 7) is 0. The molecule has 0 aliphatic rings. The van der Waals surface area contributed by atoms with Crippen molar-refractivity contribution in [1.82, 2.24) is 0 Å². The second-order valence-electron chi connectivity index (χ2n) is 7.50. The molecule has 3 N–H and O–H groups in total. The van der Waals surface area contributed by atoms with Gasteiger partial charge in [0.1, 0.15) is 5.25 Å². The minimum absolute atomic E-state index is 0.191. The van der Waals surface area contributed by atoms with E-state index in [4.69, 9.17) is 23.2 Å². The van der Waals surface area contributed by atoms with Crippen LogP contribution in [0.25, 0.3) is 0 Å². The highest BCUT2D eigenvalue weighted by molar-refractivity contribution is 8.00. The molecule has 8 heteroatoms. The lowest BCUT2D eigenvalue weighted by molar-refractivity contribution is -0.115. The Kier molecular flexibility index (Phi) is 8.32. The van der Waals surface area contributed by atoms with E-state index in [-0.39, 0.29) is 11.9 Å². The highest BCUT2D eigenvalue weighted by Gasteiger charge is 2.22. The lowest BCUT2D eigenvalue weighted by Gasteiger charge is -2.18. The van der Waals surface area contributed by atoms with Crippen LogP contribution in [0.15, 0.2) is 108 Å². The first-order valence-electron chi connectivity index (χ1n) is 10.7. The van der Waals surface area contributed by atoms with E-state index in [2.05, 4.69) is 16.0 Å². The minimum atomic E-state index is -0.508. The number of carbonyl (C=O) groups is 2. The molecular weight excluding hydrogens is 501 g/mol. The number of thioether (sulfide) groups is 1. The Balaban J connectivity index is 1.45. The number of halogens is 2. The molecule has 0 spiro atoms. The van der Waals surface area contributed by atoms with Gasteiger partial charge in [-0.3, -0.25) is 4.79 Å². The van der Waals surface area contributed by atoms with E-state index in [1.807, 2.05) is 72.8 Å². The fraction of sp³-hybridized carbons (Fsp3) is 0.0370. The zero-order valence-electron chi connectivity index (χ0n) is 18.4. The monoisotopic (exact) mass is 521 g/mol. The molecule has 0 saturated heterocycles. The van der Waals surface area contributed by atoms with Crippen molar-refractivity contribution in [3.8, 4) is 0 Å². The lowest BCUT2D eigenvalue weighted by Crippen LogP contribution is -2.19. The van der Waals surface area contributed by atoms with Crippen LogP contribution < -0.4 is 16.0 Å². The number of benzene rings is 4. The van der Waals surface area contributed by atoms with Gasteiger partial charge >= 0.3 is 6.03 Å². The van der Waals surface area contributed by atoms with Crippen LogP contribution in [0.4, 0.5) is 21.9 Å². The van der Waals surface area contributed by atoms with Gasteiger partial charge in [-0.2, -0.15) is 0 Å². The van der Waals surface area contributed by atoms with Crippen molar-refractivity contribution < 1.29 is 9.59 Å². The molecule has 1 atom stereocenters. The van der Waals surface area contributed by atoms with Crippen molar-refractivity contribution >= 4 is 64.0 Å². The van der Waals surface area contributed by atoms with Crippen LogP contribution in [-0.2, 0) is 4.79 Å². The van der Waals surface area contributed by atoms with Crippen LogP contribution in [-0.4, -0.2) is 11.9 Å². The molecule has 0 bridgehead atoms. The van der Waals surface area contributed by atoms with Crippen LogP contribution in [0.1, 0.15) is 10.8 Å². The molecule has 4 aromatic rings. The number of hydrogen-bond donors (Lipinski definition) is 3. The molecule has 35 heavy (non-hydrogen) atoms. The minimum Gasteiger partial charge on any atom is -0.325 e. The fourth-order valence-corrected chi connectivity index (χ4v) is 4.57. The summed E-state index contributed by atoms with van der Waals surface area (Å²) in [6.07, 6.45) is 0. The second kappa shape index (κ2) is 11.8. The number of rotatable bonds is 7. The topological polar surface area (TPSA) is 70.2 Å². The highest BCUT2D eigenvalue weighted by Crippen LogP contribution is 2.37. The second-order valence-corrected chi connectivity index (χ2v) is 9.49. The Bertz CT molecular complexity index is 1300. The van der Waals surface area contributed by atoms with Crippen molar-refractivity contribution in [3.63, 3.8) is 0 Å². The normalized spacial score (nSPS) is 11.4. The van der Waals surface area contributed by atoms with E-state index in [0.717, 1.165) is 10.5 Å². The van der Waals surface area contributed by atoms with Crippen molar-refractivity contribution in [1.29, 1.82) is 0 Å². The lowest BCUT2D eigenvalue weighted by atomic mass is 10.1. The van der Waals surface area contributed by atoms with Crippen LogP contribution in [0.5, 0.6) is 0 Å². The van der Waals surface area contributed by atoms with Gasteiger partial charge in [0.25, 0.3) is 0 Å². The summed E-state index contributed by atoms with van der Waals surface area (Å²) in [5.74, 6) is -0.191. The van der Waals surface area contributed by atoms with E-state index in [9.17, 15) is 9.59 Å². The van der Waals surface area contributed by atoms with Crippen LogP contribution in [0, 0.1) is 0 Å². The zero-order valence-corrected chi connectivity index (χ0v) is 20.7. The molecule has 0 saturated carbocycles. The Morgan fingerprint density at radius 3 is 1.83 bits per heavy atom. The number of anilines is 3. The predicted molar refractivity (Wildman–Crippen MR) is 146 cm³/mol. The SMILES string of the molecule is O=C(Nc1ccccc1)Nc1ccc(SC(C(=O)Nc2ccc(Cl)c(Cl)c2)c2ccccc2)cc1. The first-order chi connectivity index (χ1) is 17.0. The quantitative estimate of drug-likeness (QED) is 0.215. The standard InChI is InChI=1S/C27H21Cl2N3O2S/c28-23-16-13-21(17-24(23)29)30-26(33)25(18-7-3-1-4-8-18)35-22-14-11-20(12-15-22)32-27(34)31-19-9-5-2-6-10-19/h1-17,25H,(H,30,33)(H2,31,32,34). The van der Waals surface area contributed by atoms with E-state index < -0.39 is 5.25 Å². The van der Waals surface area contributed by atoms with E-state index in [1.54, 1.807) is 30.3 Å². The van der Waals surface area contributed by atoms with Gasteiger partial charge < -0.3 is 16.0 Å². The summed E-state index contributed by atoms with van der Waals surface area (Å²) >= 11 is 13.5.